The van der Waals surface area contributed by atoms with E-state index in [2.05, 4.69) is 20.3 Å². The van der Waals surface area contributed by atoms with Gasteiger partial charge >= 0.3 is 6.09 Å². The molecular weight excluding hydrogens is 724 g/mol. The van der Waals surface area contributed by atoms with Crippen molar-refractivity contribution >= 4 is 28.9 Å². The minimum Gasteiger partial charge on any atom is -0.497 e. The summed E-state index contributed by atoms with van der Waals surface area (Å²) >= 11 is 0. The molecule has 0 radical (unpaired) electrons. The van der Waals surface area contributed by atoms with E-state index in [0.29, 0.717) is 17.9 Å². The first kappa shape index (κ1) is 37.7. The van der Waals surface area contributed by atoms with Crippen LogP contribution < -0.4 is 20.3 Å². The van der Waals surface area contributed by atoms with Gasteiger partial charge in [0.25, 0.3) is 11.2 Å². The van der Waals surface area contributed by atoms with Gasteiger partial charge in [0, 0.05) is 25.0 Å². The highest BCUT2D eigenvalue weighted by molar-refractivity contribution is 5.83. The number of rotatable bonds is 14. The second-order valence-electron chi connectivity index (χ2n) is 12.9. The lowest BCUT2D eigenvalue weighted by Crippen LogP contribution is -2.38. The smallest absolute Gasteiger partial charge is 0.413 e. The molecule has 56 heavy (non-hydrogen) atoms. The number of aromatic nitrogens is 4. The molecule has 0 saturated carbocycles. The highest BCUT2D eigenvalue weighted by Crippen LogP contribution is 2.43. The maximum absolute atomic E-state index is 13.0. The van der Waals surface area contributed by atoms with Crippen molar-refractivity contribution in [2.24, 2.45) is 0 Å². The SMILES string of the molecule is COc1ccc(C(OC[C@H]2O[C@@H](n3cnc4c(=O)[nH]c(NC(=O)OCCc5ccc([N+](=O)[O-])cc5)nc43)C[C@@H]2O)(c2ccccc2)c2ccc(OC)cc2)cc1. The number of hydrogen-bond donors (Lipinski definition) is 3. The van der Waals surface area contributed by atoms with E-state index in [1.165, 1.54) is 23.0 Å². The van der Waals surface area contributed by atoms with Crippen molar-refractivity contribution < 1.29 is 38.5 Å². The van der Waals surface area contributed by atoms with Crippen LogP contribution >= 0.6 is 0 Å². The number of nitrogens with one attached hydrogen (secondary N) is 2. The largest absolute Gasteiger partial charge is 0.497 e. The normalized spacial score (nSPS) is 16.7. The molecule has 1 aliphatic heterocycles. The average Bonchev–Trinajstić information content (AvgIpc) is 3.82. The number of carbonyl (C=O) groups is 1. The zero-order chi connectivity index (χ0) is 39.2. The molecule has 0 bridgehead atoms. The van der Waals surface area contributed by atoms with Gasteiger partial charge in [0.05, 0.1) is 44.8 Å². The average molecular weight is 763 g/mol. The summed E-state index contributed by atoms with van der Waals surface area (Å²) in [5, 5.41) is 24.7. The molecular formula is C40H38N6O10. The van der Waals surface area contributed by atoms with Gasteiger partial charge in [-0.2, -0.15) is 4.98 Å². The summed E-state index contributed by atoms with van der Waals surface area (Å²) in [4.78, 5) is 47.1. The Kier molecular flexibility index (Phi) is 11.0. The van der Waals surface area contributed by atoms with Crippen LogP contribution in [0.15, 0.2) is 114 Å². The lowest BCUT2D eigenvalue weighted by Gasteiger charge is -2.37. The van der Waals surface area contributed by atoms with Crippen LogP contribution in [0.4, 0.5) is 16.4 Å². The number of H-pyrrole nitrogens is 1. The summed E-state index contributed by atoms with van der Waals surface area (Å²) in [5.41, 5.74) is 1.52. The molecule has 1 saturated heterocycles. The van der Waals surface area contributed by atoms with Crippen LogP contribution in [-0.4, -0.2) is 75.3 Å². The molecule has 3 atom stereocenters. The van der Waals surface area contributed by atoms with Crippen molar-refractivity contribution in [2.75, 3.05) is 32.8 Å². The topological polar surface area (TPSA) is 202 Å². The van der Waals surface area contributed by atoms with Gasteiger partial charge in [0.15, 0.2) is 11.2 Å². The number of anilines is 1. The Hall–Kier alpha value is -6.62. The van der Waals surface area contributed by atoms with Gasteiger partial charge in [-0.15, -0.1) is 0 Å². The van der Waals surface area contributed by atoms with Gasteiger partial charge < -0.3 is 28.8 Å². The molecule has 6 aromatic rings. The maximum Gasteiger partial charge on any atom is 0.413 e. The van der Waals surface area contributed by atoms with Gasteiger partial charge in [-0.05, 0) is 46.5 Å². The zero-order valence-electron chi connectivity index (χ0n) is 30.4. The third-order valence-corrected chi connectivity index (χ3v) is 9.58. The van der Waals surface area contributed by atoms with Gasteiger partial charge in [0.2, 0.25) is 5.95 Å². The van der Waals surface area contributed by atoms with E-state index in [1.807, 2.05) is 78.9 Å². The Morgan fingerprint density at radius 2 is 1.59 bits per heavy atom. The number of aromatic amines is 1. The van der Waals surface area contributed by atoms with Crippen molar-refractivity contribution in [3.05, 3.63) is 152 Å². The van der Waals surface area contributed by atoms with Gasteiger partial charge in [0.1, 0.15) is 29.4 Å². The molecule has 4 aromatic carbocycles. The fraction of sp³-hybridized carbons (Fsp3) is 0.250. The number of benzene rings is 4. The molecule has 3 heterocycles. The van der Waals surface area contributed by atoms with Crippen LogP contribution in [-0.2, 0) is 26.2 Å². The number of methoxy groups -OCH3 is 2. The number of nitrogens with zero attached hydrogens (tertiary/aromatic N) is 4. The van der Waals surface area contributed by atoms with E-state index in [9.17, 15) is 24.8 Å². The first-order valence-corrected chi connectivity index (χ1v) is 17.6. The highest BCUT2D eigenvalue weighted by Gasteiger charge is 2.42. The number of aliphatic hydroxyl groups excluding tert-OH is 1. The van der Waals surface area contributed by atoms with E-state index in [-0.39, 0.29) is 42.4 Å². The first-order valence-electron chi connectivity index (χ1n) is 17.6. The number of fused-ring (bicyclic) bond motifs is 1. The Morgan fingerprint density at radius 3 is 2.20 bits per heavy atom. The second kappa shape index (κ2) is 16.4. The molecule has 16 heteroatoms. The van der Waals surface area contributed by atoms with E-state index in [4.69, 9.17) is 23.7 Å². The lowest BCUT2D eigenvalue weighted by molar-refractivity contribution is -0.384. The third kappa shape index (κ3) is 7.79. The molecule has 1 amide bonds. The molecule has 0 aliphatic carbocycles. The minimum atomic E-state index is -1.14. The second-order valence-corrected chi connectivity index (χ2v) is 12.9. The van der Waals surface area contributed by atoms with Crippen LogP contribution in [0.3, 0.4) is 0 Å². The molecule has 0 spiro atoms. The summed E-state index contributed by atoms with van der Waals surface area (Å²) in [5.74, 6) is 1.17. The van der Waals surface area contributed by atoms with Crippen LogP contribution in [0.2, 0.25) is 0 Å². The predicted octanol–water partition coefficient (Wildman–Crippen LogP) is 5.49. The van der Waals surface area contributed by atoms with Crippen molar-refractivity contribution in [3.63, 3.8) is 0 Å². The lowest BCUT2D eigenvalue weighted by atomic mass is 9.80. The van der Waals surface area contributed by atoms with Crippen LogP contribution in [0.25, 0.3) is 11.2 Å². The molecule has 288 valence electrons. The number of ether oxygens (including phenoxy) is 5. The van der Waals surface area contributed by atoms with E-state index in [0.717, 1.165) is 22.3 Å². The summed E-state index contributed by atoms with van der Waals surface area (Å²) in [7, 11) is 3.20. The number of nitro benzene ring substituents is 1. The number of non-ortho nitro benzene ring substituents is 1. The molecule has 2 aromatic heterocycles. The number of imidazole rings is 1. The maximum atomic E-state index is 13.0. The molecule has 0 unspecified atom stereocenters. The van der Waals surface area contributed by atoms with Crippen molar-refractivity contribution in [1.29, 1.82) is 0 Å². The Balaban J connectivity index is 1.09. The summed E-state index contributed by atoms with van der Waals surface area (Å²) in [6.07, 6.45) is -1.60. The van der Waals surface area contributed by atoms with E-state index in [1.54, 1.807) is 26.4 Å². The molecule has 16 nitrogen and oxygen atoms in total. The summed E-state index contributed by atoms with van der Waals surface area (Å²) in [6, 6.07) is 30.8. The van der Waals surface area contributed by atoms with E-state index >= 15 is 0 Å². The van der Waals surface area contributed by atoms with Crippen LogP contribution in [0.1, 0.15) is 34.9 Å². The predicted molar refractivity (Wildman–Crippen MR) is 203 cm³/mol. The van der Waals surface area contributed by atoms with E-state index < -0.39 is 40.6 Å². The first-order chi connectivity index (χ1) is 27.2. The van der Waals surface area contributed by atoms with Crippen molar-refractivity contribution in [2.45, 2.75) is 36.9 Å². The quantitative estimate of drug-likeness (QED) is 0.0716. The van der Waals surface area contributed by atoms with Gasteiger partial charge in [-0.1, -0.05) is 66.7 Å². The summed E-state index contributed by atoms with van der Waals surface area (Å²) in [6.45, 7) is -0.0718. The zero-order valence-corrected chi connectivity index (χ0v) is 30.4. The fourth-order valence-corrected chi connectivity index (χ4v) is 6.69. The molecule has 1 aliphatic rings. The minimum absolute atomic E-state index is 0.00184. The summed E-state index contributed by atoms with van der Waals surface area (Å²) < 4.78 is 31.0. The number of nitro groups is 1. The van der Waals surface area contributed by atoms with Crippen molar-refractivity contribution in [3.8, 4) is 11.5 Å². The van der Waals surface area contributed by atoms with Crippen LogP contribution in [0.5, 0.6) is 11.5 Å². The number of hydrogen-bond acceptors (Lipinski definition) is 12. The highest BCUT2D eigenvalue weighted by atomic mass is 16.6. The molecule has 1 fully saturated rings. The molecule has 3 N–H and O–H groups in total. The fourth-order valence-electron chi connectivity index (χ4n) is 6.69. The number of carbonyl (C=O) groups excluding carboxylic acids is 1. The number of aliphatic hydroxyl groups is 1. The van der Waals surface area contributed by atoms with Gasteiger partial charge in [-0.3, -0.25) is 29.8 Å². The van der Waals surface area contributed by atoms with Gasteiger partial charge in [-0.25, -0.2) is 9.78 Å². The Labute approximate surface area is 319 Å². The Morgan fingerprint density at radius 1 is 0.964 bits per heavy atom. The Bertz CT molecular complexity index is 2300. The molecule has 7 rings (SSSR count). The third-order valence-electron chi connectivity index (χ3n) is 9.58. The number of amides is 1. The monoisotopic (exact) mass is 762 g/mol. The van der Waals surface area contributed by atoms with Crippen LogP contribution in [0, 0.1) is 10.1 Å². The standard InChI is InChI=1S/C40H38N6O10/c1-52-30-16-10-27(11-17-30)40(26-6-4-3-5-7-26,28-12-18-31(53-2)19-13-28)55-23-33-32(47)22-34(56-33)45-24-41-35-36(45)42-38(43-37(35)48)44-39(49)54-21-20-25-8-14-29(15-9-25)46(50)51/h3-19,24,32-34,47H,20-23H2,1-2H3,(H2,42,43,44,48,49)/t32-,33+,34+/m0/s1. The van der Waals surface area contributed by atoms with Crippen molar-refractivity contribution in [1.82, 2.24) is 19.5 Å².